The SMILES string of the molecule is CCCc1nc(NCC)cc(-c2ccc(C)c(Cl)c2)n1. The number of rotatable bonds is 5. The van der Waals surface area contributed by atoms with Crippen molar-refractivity contribution in [3.8, 4) is 11.3 Å². The lowest BCUT2D eigenvalue weighted by molar-refractivity contribution is 0.836. The van der Waals surface area contributed by atoms with Gasteiger partial charge < -0.3 is 5.32 Å². The second-order valence-electron chi connectivity index (χ2n) is 4.80. The Morgan fingerprint density at radius 2 is 1.95 bits per heavy atom. The molecular weight excluding hydrogens is 270 g/mol. The number of anilines is 1. The molecule has 0 saturated heterocycles. The molecule has 20 heavy (non-hydrogen) atoms. The van der Waals surface area contributed by atoms with Crippen molar-refractivity contribution in [1.29, 1.82) is 0 Å². The van der Waals surface area contributed by atoms with Crippen LogP contribution in [0.2, 0.25) is 5.02 Å². The van der Waals surface area contributed by atoms with E-state index in [2.05, 4.69) is 35.2 Å². The van der Waals surface area contributed by atoms with Gasteiger partial charge in [-0.05, 0) is 31.9 Å². The molecule has 2 rings (SSSR count). The van der Waals surface area contributed by atoms with Crippen molar-refractivity contribution >= 4 is 17.4 Å². The molecular formula is C16H20ClN3. The second kappa shape index (κ2) is 6.71. The molecule has 0 aliphatic carbocycles. The van der Waals surface area contributed by atoms with Gasteiger partial charge in [-0.15, -0.1) is 0 Å². The maximum Gasteiger partial charge on any atom is 0.131 e. The summed E-state index contributed by atoms with van der Waals surface area (Å²) in [5, 5.41) is 4.03. The number of nitrogens with one attached hydrogen (secondary N) is 1. The zero-order valence-corrected chi connectivity index (χ0v) is 13.0. The number of halogens is 1. The number of aryl methyl sites for hydroxylation is 2. The lowest BCUT2D eigenvalue weighted by Gasteiger charge is -2.09. The van der Waals surface area contributed by atoms with Crippen LogP contribution in [-0.2, 0) is 6.42 Å². The minimum atomic E-state index is 0.767. The Balaban J connectivity index is 2.45. The van der Waals surface area contributed by atoms with Crippen LogP contribution in [0.5, 0.6) is 0 Å². The number of nitrogens with zero attached hydrogens (tertiary/aromatic N) is 2. The molecule has 3 nitrogen and oxygen atoms in total. The van der Waals surface area contributed by atoms with E-state index in [9.17, 15) is 0 Å². The number of hydrogen-bond donors (Lipinski definition) is 1. The van der Waals surface area contributed by atoms with Gasteiger partial charge in [0, 0.05) is 29.6 Å². The average molecular weight is 290 g/mol. The van der Waals surface area contributed by atoms with Gasteiger partial charge in [0.25, 0.3) is 0 Å². The number of benzene rings is 1. The lowest BCUT2D eigenvalue weighted by Crippen LogP contribution is -2.04. The fourth-order valence-corrected chi connectivity index (χ4v) is 2.18. The first kappa shape index (κ1) is 14.8. The average Bonchev–Trinajstić information content (AvgIpc) is 2.42. The zero-order chi connectivity index (χ0) is 14.5. The Morgan fingerprint density at radius 3 is 2.60 bits per heavy atom. The van der Waals surface area contributed by atoms with Gasteiger partial charge in [0.2, 0.25) is 0 Å². The molecule has 2 aromatic rings. The van der Waals surface area contributed by atoms with Crippen LogP contribution in [0.1, 0.15) is 31.7 Å². The van der Waals surface area contributed by atoms with Gasteiger partial charge in [-0.1, -0.05) is 30.7 Å². The molecule has 0 aliphatic heterocycles. The van der Waals surface area contributed by atoms with Crippen LogP contribution in [0.3, 0.4) is 0 Å². The van der Waals surface area contributed by atoms with Crippen molar-refractivity contribution in [2.45, 2.75) is 33.6 Å². The highest BCUT2D eigenvalue weighted by Gasteiger charge is 2.07. The molecule has 0 spiro atoms. The van der Waals surface area contributed by atoms with Crippen LogP contribution in [0.4, 0.5) is 5.82 Å². The minimum Gasteiger partial charge on any atom is -0.370 e. The minimum absolute atomic E-state index is 0.767. The Bertz CT molecular complexity index is 572. The summed E-state index contributed by atoms with van der Waals surface area (Å²) in [6.07, 6.45) is 1.91. The first-order valence-corrected chi connectivity index (χ1v) is 7.40. The van der Waals surface area contributed by atoms with E-state index in [0.29, 0.717) is 0 Å². The lowest BCUT2D eigenvalue weighted by atomic mass is 10.1. The van der Waals surface area contributed by atoms with Crippen LogP contribution in [0.25, 0.3) is 11.3 Å². The highest BCUT2D eigenvalue weighted by molar-refractivity contribution is 6.31. The van der Waals surface area contributed by atoms with E-state index in [0.717, 1.165) is 52.9 Å². The Kier molecular flexibility index (Phi) is 4.96. The summed E-state index contributed by atoms with van der Waals surface area (Å²) in [7, 11) is 0. The van der Waals surface area contributed by atoms with Crippen molar-refractivity contribution in [2.24, 2.45) is 0 Å². The van der Waals surface area contributed by atoms with Crippen LogP contribution in [0, 0.1) is 6.92 Å². The maximum absolute atomic E-state index is 6.21. The van der Waals surface area contributed by atoms with E-state index in [4.69, 9.17) is 11.6 Å². The molecule has 0 saturated carbocycles. The molecule has 0 aliphatic rings. The van der Waals surface area contributed by atoms with Gasteiger partial charge in [0.1, 0.15) is 11.6 Å². The van der Waals surface area contributed by atoms with E-state index in [1.165, 1.54) is 0 Å². The van der Waals surface area contributed by atoms with Gasteiger partial charge in [-0.2, -0.15) is 0 Å². The molecule has 0 unspecified atom stereocenters. The second-order valence-corrected chi connectivity index (χ2v) is 5.21. The first-order valence-electron chi connectivity index (χ1n) is 7.02. The predicted octanol–water partition coefficient (Wildman–Crippen LogP) is 4.49. The fourth-order valence-electron chi connectivity index (χ4n) is 2.00. The summed E-state index contributed by atoms with van der Waals surface area (Å²) in [4.78, 5) is 9.16. The van der Waals surface area contributed by atoms with Crippen molar-refractivity contribution in [3.63, 3.8) is 0 Å². The van der Waals surface area contributed by atoms with E-state index >= 15 is 0 Å². The van der Waals surface area contributed by atoms with Crippen molar-refractivity contribution < 1.29 is 0 Å². The first-order chi connectivity index (χ1) is 9.63. The van der Waals surface area contributed by atoms with E-state index < -0.39 is 0 Å². The summed E-state index contributed by atoms with van der Waals surface area (Å²) in [5.74, 6) is 1.75. The molecule has 106 valence electrons. The number of hydrogen-bond acceptors (Lipinski definition) is 3. The highest BCUT2D eigenvalue weighted by atomic mass is 35.5. The molecule has 0 amide bonds. The zero-order valence-electron chi connectivity index (χ0n) is 12.2. The van der Waals surface area contributed by atoms with Gasteiger partial charge in [-0.25, -0.2) is 9.97 Å². The third-order valence-corrected chi connectivity index (χ3v) is 3.48. The molecule has 0 atom stereocenters. The molecule has 1 aromatic carbocycles. The molecule has 1 aromatic heterocycles. The summed E-state index contributed by atoms with van der Waals surface area (Å²) < 4.78 is 0. The monoisotopic (exact) mass is 289 g/mol. The topological polar surface area (TPSA) is 37.8 Å². The maximum atomic E-state index is 6.21. The third kappa shape index (κ3) is 3.48. The largest absolute Gasteiger partial charge is 0.370 e. The van der Waals surface area contributed by atoms with Crippen molar-refractivity contribution in [2.75, 3.05) is 11.9 Å². The van der Waals surface area contributed by atoms with Crippen LogP contribution >= 0.6 is 11.6 Å². The van der Waals surface area contributed by atoms with Crippen molar-refractivity contribution in [3.05, 3.63) is 40.7 Å². The molecule has 0 fully saturated rings. The molecule has 4 heteroatoms. The Morgan fingerprint density at radius 1 is 1.15 bits per heavy atom. The van der Waals surface area contributed by atoms with Gasteiger partial charge in [0.15, 0.2) is 0 Å². The Labute approximate surface area is 125 Å². The molecule has 1 N–H and O–H groups in total. The standard InChI is InChI=1S/C16H20ClN3/c1-4-6-15-19-14(10-16(20-15)18-5-2)12-8-7-11(3)13(17)9-12/h7-10H,4-6H2,1-3H3,(H,18,19,20). The van der Waals surface area contributed by atoms with Gasteiger partial charge in [-0.3, -0.25) is 0 Å². The summed E-state index contributed by atoms with van der Waals surface area (Å²) in [6, 6.07) is 8.01. The van der Waals surface area contributed by atoms with Gasteiger partial charge >= 0.3 is 0 Å². The molecule has 1 heterocycles. The smallest absolute Gasteiger partial charge is 0.131 e. The van der Waals surface area contributed by atoms with E-state index in [-0.39, 0.29) is 0 Å². The van der Waals surface area contributed by atoms with E-state index in [1.807, 2.05) is 25.1 Å². The highest BCUT2D eigenvalue weighted by Crippen LogP contribution is 2.25. The van der Waals surface area contributed by atoms with Crippen LogP contribution < -0.4 is 5.32 Å². The summed E-state index contributed by atoms with van der Waals surface area (Å²) in [5.41, 5.74) is 3.02. The van der Waals surface area contributed by atoms with Crippen LogP contribution in [-0.4, -0.2) is 16.5 Å². The quantitative estimate of drug-likeness (QED) is 0.881. The van der Waals surface area contributed by atoms with Gasteiger partial charge in [0.05, 0.1) is 5.69 Å². The molecule has 0 bridgehead atoms. The normalized spacial score (nSPS) is 10.6. The van der Waals surface area contributed by atoms with E-state index in [1.54, 1.807) is 0 Å². The summed E-state index contributed by atoms with van der Waals surface area (Å²) in [6.45, 7) is 7.03. The fraction of sp³-hybridized carbons (Fsp3) is 0.375. The number of aromatic nitrogens is 2. The van der Waals surface area contributed by atoms with Crippen LogP contribution in [0.15, 0.2) is 24.3 Å². The molecule has 0 radical (unpaired) electrons. The third-order valence-electron chi connectivity index (χ3n) is 3.07. The van der Waals surface area contributed by atoms with Crippen molar-refractivity contribution in [1.82, 2.24) is 9.97 Å². The summed E-state index contributed by atoms with van der Waals surface area (Å²) >= 11 is 6.21. The Hall–Kier alpha value is -1.61. The predicted molar refractivity (Wildman–Crippen MR) is 85.4 cm³/mol.